The fourth-order valence-electron chi connectivity index (χ4n) is 1.47. The zero-order valence-corrected chi connectivity index (χ0v) is 12.3. The Morgan fingerprint density at radius 3 is 3.00 bits per heavy atom. The number of nitrogens with one attached hydrogen (secondary N) is 1. The van der Waals surface area contributed by atoms with Gasteiger partial charge < -0.3 is 9.84 Å². The molecule has 0 unspecified atom stereocenters. The van der Waals surface area contributed by atoms with Gasteiger partial charge in [-0.05, 0) is 31.2 Å². The Labute approximate surface area is 120 Å². The number of tetrazole rings is 1. The molecule has 0 bridgehead atoms. The molecule has 2 heterocycles. The smallest absolute Gasteiger partial charge is 0.226 e. The van der Waals surface area contributed by atoms with Crippen molar-refractivity contribution in [2.24, 2.45) is 0 Å². The molecule has 0 aromatic carbocycles. The number of carbonyl (C=O) groups is 1. The molecule has 2 aromatic rings. The lowest BCUT2D eigenvalue weighted by atomic mass is 10.4. The number of carbonyl (C=O) groups excluding carboxylic acids is 1. The van der Waals surface area contributed by atoms with E-state index in [1.807, 2.05) is 13.8 Å². The van der Waals surface area contributed by atoms with Gasteiger partial charge in [0.15, 0.2) is 5.82 Å². The average molecular weight is 296 g/mol. The Morgan fingerprint density at radius 1 is 1.55 bits per heavy atom. The van der Waals surface area contributed by atoms with Crippen LogP contribution in [0.5, 0.6) is 0 Å². The van der Waals surface area contributed by atoms with Crippen molar-refractivity contribution in [3.05, 3.63) is 11.8 Å². The SMILES string of the molecule is Cc1cc(NC(=O)CCSc2nnnn2C(C)C)no1. The molecule has 0 radical (unpaired) electrons. The maximum absolute atomic E-state index is 11.7. The highest BCUT2D eigenvalue weighted by molar-refractivity contribution is 7.99. The molecule has 108 valence electrons. The van der Waals surface area contributed by atoms with Crippen molar-refractivity contribution < 1.29 is 9.32 Å². The van der Waals surface area contributed by atoms with Gasteiger partial charge in [0, 0.05) is 18.2 Å². The van der Waals surface area contributed by atoms with Crippen molar-refractivity contribution in [3.63, 3.8) is 0 Å². The first kappa shape index (κ1) is 14.5. The lowest BCUT2D eigenvalue weighted by molar-refractivity contribution is -0.115. The highest BCUT2D eigenvalue weighted by atomic mass is 32.2. The van der Waals surface area contributed by atoms with Gasteiger partial charge in [0.1, 0.15) is 5.76 Å². The molecule has 0 spiro atoms. The van der Waals surface area contributed by atoms with E-state index in [0.29, 0.717) is 28.9 Å². The second-order valence-corrected chi connectivity index (χ2v) is 5.53. The van der Waals surface area contributed by atoms with E-state index in [0.717, 1.165) is 0 Å². The fraction of sp³-hybridized carbons (Fsp3) is 0.545. The van der Waals surface area contributed by atoms with Crippen molar-refractivity contribution in [2.45, 2.75) is 38.4 Å². The van der Waals surface area contributed by atoms with Gasteiger partial charge >= 0.3 is 0 Å². The first-order chi connectivity index (χ1) is 9.56. The number of nitrogens with zero attached hydrogens (tertiary/aromatic N) is 5. The summed E-state index contributed by atoms with van der Waals surface area (Å²) < 4.78 is 6.60. The van der Waals surface area contributed by atoms with Crippen molar-refractivity contribution in [2.75, 3.05) is 11.1 Å². The first-order valence-corrected chi connectivity index (χ1v) is 7.18. The van der Waals surface area contributed by atoms with Gasteiger partial charge in [-0.1, -0.05) is 16.9 Å². The van der Waals surface area contributed by atoms with Crippen LogP contribution in [0.4, 0.5) is 5.82 Å². The molecule has 0 aliphatic rings. The van der Waals surface area contributed by atoms with Crippen LogP contribution < -0.4 is 5.32 Å². The molecular weight excluding hydrogens is 280 g/mol. The summed E-state index contributed by atoms with van der Waals surface area (Å²) in [5.41, 5.74) is 0. The molecule has 0 saturated carbocycles. The third-order valence-electron chi connectivity index (χ3n) is 2.41. The van der Waals surface area contributed by atoms with Crippen LogP contribution in [0.2, 0.25) is 0 Å². The molecule has 8 nitrogen and oxygen atoms in total. The third-order valence-corrected chi connectivity index (χ3v) is 3.34. The number of anilines is 1. The van der Waals surface area contributed by atoms with E-state index in [9.17, 15) is 4.79 Å². The molecule has 0 aliphatic carbocycles. The summed E-state index contributed by atoms with van der Waals surface area (Å²) in [5, 5.41) is 18.5. The average Bonchev–Trinajstić information content (AvgIpc) is 2.98. The Kier molecular flexibility index (Phi) is 4.72. The van der Waals surface area contributed by atoms with Gasteiger partial charge in [0.05, 0.1) is 6.04 Å². The molecule has 1 N–H and O–H groups in total. The van der Waals surface area contributed by atoms with Gasteiger partial charge in [0.25, 0.3) is 0 Å². The van der Waals surface area contributed by atoms with Crippen LogP contribution in [0.1, 0.15) is 32.1 Å². The molecule has 1 amide bonds. The maximum atomic E-state index is 11.7. The number of hydrogen-bond acceptors (Lipinski definition) is 7. The Morgan fingerprint density at radius 2 is 2.35 bits per heavy atom. The summed E-state index contributed by atoms with van der Waals surface area (Å²) >= 11 is 1.45. The topological polar surface area (TPSA) is 98.7 Å². The van der Waals surface area contributed by atoms with E-state index < -0.39 is 0 Å². The zero-order chi connectivity index (χ0) is 14.5. The number of amides is 1. The Bertz CT molecular complexity index is 579. The zero-order valence-electron chi connectivity index (χ0n) is 11.5. The lowest BCUT2D eigenvalue weighted by Gasteiger charge is -2.06. The monoisotopic (exact) mass is 296 g/mol. The van der Waals surface area contributed by atoms with Gasteiger partial charge in [-0.15, -0.1) is 5.10 Å². The fourth-order valence-corrected chi connectivity index (χ4v) is 2.41. The van der Waals surface area contributed by atoms with E-state index in [4.69, 9.17) is 4.52 Å². The van der Waals surface area contributed by atoms with E-state index >= 15 is 0 Å². The van der Waals surface area contributed by atoms with Crippen LogP contribution >= 0.6 is 11.8 Å². The summed E-state index contributed by atoms with van der Waals surface area (Å²) in [4.78, 5) is 11.7. The summed E-state index contributed by atoms with van der Waals surface area (Å²) in [6, 6.07) is 1.86. The van der Waals surface area contributed by atoms with Crippen LogP contribution in [0.15, 0.2) is 15.7 Å². The highest BCUT2D eigenvalue weighted by Crippen LogP contribution is 2.18. The minimum absolute atomic E-state index is 0.116. The second-order valence-electron chi connectivity index (χ2n) is 4.47. The third kappa shape index (κ3) is 3.80. The van der Waals surface area contributed by atoms with Gasteiger partial charge in [-0.2, -0.15) is 0 Å². The van der Waals surface area contributed by atoms with Crippen molar-refractivity contribution in [1.29, 1.82) is 0 Å². The largest absolute Gasteiger partial charge is 0.360 e. The molecule has 0 aliphatic heterocycles. The summed E-state index contributed by atoms with van der Waals surface area (Å²) in [5.74, 6) is 1.57. The van der Waals surface area contributed by atoms with Crippen LogP contribution in [0.25, 0.3) is 0 Å². The van der Waals surface area contributed by atoms with Crippen LogP contribution in [-0.4, -0.2) is 37.0 Å². The number of aromatic nitrogens is 5. The van der Waals surface area contributed by atoms with E-state index in [2.05, 4.69) is 26.0 Å². The summed E-state index contributed by atoms with van der Waals surface area (Å²) in [6.45, 7) is 5.77. The number of hydrogen-bond donors (Lipinski definition) is 1. The van der Waals surface area contributed by atoms with Crippen molar-refractivity contribution in [3.8, 4) is 0 Å². The molecule has 20 heavy (non-hydrogen) atoms. The van der Waals surface area contributed by atoms with Crippen molar-refractivity contribution >= 4 is 23.5 Å². The predicted molar refractivity (Wildman–Crippen MR) is 73.4 cm³/mol. The predicted octanol–water partition coefficient (Wildman–Crippen LogP) is 1.67. The van der Waals surface area contributed by atoms with Crippen LogP contribution in [0.3, 0.4) is 0 Å². The molecular formula is C11H16N6O2S. The maximum Gasteiger partial charge on any atom is 0.226 e. The lowest BCUT2D eigenvalue weighted by Crippen LogP contribution is -2.12. The van der Waals surface area contributed by atoms with Crippen molar-refractivity contribution in [1.82, 2.24) is 25.4 Å². The van der Waals surface area contributed by atoms with Gasteiger partial charge in [-0.25, -0.2) is 4.68 Å². The quantitative estimate of drug-likeness (QED) is 0.809. The highest BCUT2D eigenvalue weighted by Gasteiger charge is 2.11. The number of aryl methyl sites for hydroxylation is 1. The van der Waals surface area contributed by atoms with Gasteiger partial charge in [-0.3, -0.25) is 4.79 Å². The van der Waals surface area contributed by atoms with Crippen LogP contribution in [-0.2, 0) is 4.79 Å². The van der Waals surface area contributed by atoms with E-state index in [-0.39, 0.29) is 11.9 Å². The van der Waals surface area contributed by atoms with Crippen LogP contribution in [0, 0.1) is 6.92 Å². The molecule has 0 atom stereocenters. The standard InChI is InChI=1S/C11H16N6O2S/c1-7(2)17-11(13-15-16-17)20-5-4-10(18)12-9-6-8(3)19-14-9/h6-7H,4-5H2,1-3H3,(H,12,14,18). The van der Waals surface area contributed by atoms with E-state index in [1.165, 1.54) is 11.8 Å². The molecule has 2 aromatic heterocycles. The molecule has 0 fully saturated rings. The minimum Gasteiger partial charge on any atom is -0.360 e. The summed E-state index contributed by atoms with van der Waals surface area (Å²) in [7, 11) is 0. The van der Waals surface area contributed by atoms with E-state index in [1.54, 1.807) is 17.7 Å². The second kappa shape index (κ2) is 6.51. The Balaban J connectivity index is 1.78. The normalized spacial score (nSPS) is 11.0. The molecule has 0 saturated heterocycles. The number of rotatable bonds is 6. The van der Waals surface area contributed by atoms with Gasteiger partial charge in [0.2, 0.25) is 11.1 Å². The number of thioether (sulfide) groups is 1. The minimum atomic E-state index is -0.116. The first-order valence-electron chi connectivity index (χ1n) is 6.20. The summed E-state index contributed by atoms with van der Waals surface area (Å²) in [6.07, 6.45) is 0.349. The molecule has 9 heteroatoms. The Hall–Kier alpha value is -1.90. The molecule has 2 rings (SSSR count).